The highest BCUT2D eigenvalue weighted by Gasteiger charge is 2.45. The van der Waals surface area contributed by atoms with Crippen LogP contribution in [0.3, 0.4) is 0 Å². The fourth-order valence-corrected chi connectivity index (χ4v) is 2.55. The molecular formula is C11H13F2NO2S. The van der Waals surface area contributed by atoms with E-state index in [0.717, 1.165) is 6.26 Å². The SMILES string of the molecule is CS(=O)(=O)c1cc(F)c(F)c(C2(CN)CC2)c1. The van der Waals surface area contributed by atoms with Gasteiger partial charge in [0.1, 0.15) is 0 Å². The van der Waals surface area contributed by atoms with E-state index in [9.17, 15) is 17.2 Å². The van der Waals surface area contributed by atoms with Gasteiger partial charge in [0.25, 0.3) is 0 Å². The summed E-state index contributed by atoms with van der Waals surface area (Å²) in [6.45, 7) is 0.191. The predicted octanol–water partition coefficient (Wildman–Crippen LogP) is 1.36. The summed E-state index contributed by atoms with van der Waals surface area (Å²) in [5.74, 6) is -2.12. The molecule has 1 saturated carbocycles. The Labute approximate surface area is 98.5 Å². The molecule has 6 heteroatoms. The molecule has 0 bridgehead atoms. The van der Waals surface area contributed by atoms with E-state index >= 15 is 0 Å². The average molecular weight is 261 g/mol. The lowest BCUT2D eigenvalue weighted by Gasteiger charge is -2.15. The van der Waals surface area contributed by atoms with Gasteiger partial charge in [-0.05, 0) is 30.5 Å². The molecule has 0 atom stereocenters. The number of nitrogens with two attached hydrogens (primary N) is 1. The number of hydrogen-bond acceptors (Lipinski definition) is 3. The van der Waals surface area contributed by atoms with Gasteiger partial charge in [-0.2, -0.15) is 0 Å². The van der Waals surface area contributed by atoms with Crippen molar-refractivity contribution in [2.24, 2.45) is 5.73 Å². The van der Waals surface area contributed by atoms with E-state index in [1.807, 2.05) is 0 Å². The maximum atomic E-state index is 13.7. The Morgan fingerprint density at radius 3 is 2.35 bits per heavy atom. The van der Waals surface area contributed by atoms with Gasteiger partial charge < -0.3 is 5.73 Å². The van der Waals surface area contributed by atoms with E-state index in [-0.39, 0.29) is 17.0 Å². The lowest BCUT2D eigenvalue weighted by Crippen LogP contribution is -2.22. The molecule has 2 rings (SSSR count). The molecule has 0 heterocycles. The summed E-state index contributed by atoms with van der Waals surface area (Å²) in [5, 5.41) is 0. The van der Waals surface area contributed by atoms with E-state index in [1.54, 1.807) is 0 Å². The van der Waals surface area contributed by atoms with Crippen LogP contribution in [0.25, 0.3) is 0 Å². The molecule has 1 fully saturated rings. The second kappa shape index (κ2) is 3.74. The minimum absolute atomic E-state index is 0.0837. The number of benzene rings is 1. The summed E-state index contributed by atoms with van der Waals surface area (Å²) in [4.78, 5) is -0.203. The Balaban J connectivity index is 2.64. The molecule has 1 aromatic carbocycles. The number of halogens is 2. The third kappa shape index (κ3) is 2.07. The Morgan fingerprint density at radius 1 is 1.35 bits per heavy atom. The van der Waals surface area contributed by atoms with Crippen molar-refractivity contribution in [3.05, 3.63) is 29.3 Å². The zero-order valence-electron chi connectivity index (χ0n) is 9.33. The highest BCUT2D eigenvalue weighted by Crippen LogP contribution is 2.48. The Morgan fingerprint density at radius 2 is 1.94 bits per heavy atom. The van der Waals surface area contributed by atoms with Crippen molar-refractivity contribution in [2.45, 2.75) is 23.2 Å². The molecule has 3 nitrogen and oxygen atoms in total. The lowest BCUT2D eigenvalue weighted by molar-refractivity contribution is 0.480. The summed E-state index contributed by atoms with van der Waals surface area (Å²) in [6.07, 6.45) is 2.28. The highest BCUT2D eigenvalue weighted by molar-refractivity contribution is 7.90. The van der Waals surface area contributed by atoms with Crippen LogP contribution in [-0.2, 0) is 15.3 Å². The predicted molar refractivity (Wildman–Crippen MR) is 59.4 cm³/mol. The molecular weight excluding hydrogens is 248 g/mol. The first-order valence-corrected chi connectivity index (χ1v) is 7.09. The summed E-state index contributed by atoms with van der Waals surface area (Å²) in [5.41, 5.74) is 5.05. The summed E-state index contributed by atoms with van der Waals surface area (Å²) in [6, 6.07) is 1.91. The number of sulfone groups is 1. The molecule has 0 spiro atoms. The van der Waals surface area contributed by atoms with Crippen molar-refractivity contribution >= 4 is 9.84 Å². The summed E-state index contributed by atoms with van der Waals surface area (Å²) >= 11 is 0. The standard InChI is InChI=1S/C11H13F2NO2S/c1-17(15,16)7-4-8(10(13)9(12)5-7)11(6-14)2-3-11/h4-5H,2-3,6,14H2,1H3. The van der Waals surface area contributed by atoms with Crippen LogP contribution >= 0.6 is 0 Å². The Bertz CT molecular complexity index is 565. The maximum Gasteiger partial charge on any atom is 0.175 e. The first kappa shape index (κ1) is 12.4. The fraction of sp³-hybridized carbons (Fsp3) is 0.455. The number of hydrogen-bond donors (Lipinski definition) is 1. The smallest absolute Gasteiger partial charge is 0.175 e. The second-order valence-corrected chi connectivity index (χ2v) is 6.54. The molecule has 0 radical (unpaired) electrons. The van der Waals surface area contributed by atoms with Crippen molar-refractivity contribution in [2.75, 3.05) is 12.8 Å². The van der Waals surface area contributed by atoms with Crippen molar-refractivity contribution in [1.82, 2.24) is 0 Å². The maximum absolute atomic E-state index is 13.7. The van der Waals surface area contributed by atoms with E-state index < -0.39 is 26.9 Å². The van der Waals surface area contributed by atoms with E-state index in [2.05, 4.69) is 0 Å². The van der Waals surface area contributed by atoms with E-state index in [0.29, 0.717) is 18.9 Å². The van der Waals surface area contributed by atoms with E-state index in [1.165, 1.54) is 6.07 Å². The largest absolute Gasteiger partial charge is 0.330 e. The van der Waals surface area contributed by atoms with Crippen molar-refractivity contribution in [3.63, 3.8) is 0 Å². The molecule has 2 N–H and O–H groups in total. The van der Waals surface area contributed by atoms with Crippen LogP contribution in [0, 0.1) is 11.6 Å². The van der Waals surface area contributed by atoms with Crippen LogP contribution in [0.1, 0.15) is 18.4 Å². The second-order valence-electron chi connectivity index (χ2n) is 4.52. The first-order chi connectivity index (χ1) is 7.80. The molecule has 17 heavy (non-hydrogen) atoms. The molecule has 0 aliphatic heterocycles. The van der Waals surface area contributed by atoms with Crippen molar-refractivity contribution in [3.8, 4) is 0 Å². The Hall–Kier alpha value is -1.01. The van der Waals surface area contributed by atoms with Crippen molar-refractivity contribution < 1.29 is 17.2 Å². The third-order valence-corrected chi connectivity index (χ3v) is 4.34. The normalized spacial score (nSPS) is 18.1. The minimum atomic E-state index is -3.55. The molecule has 1 aliphatic carbocycles. The minimum Gasteiger partial charge on any atom is -0.330 e. The zero-order valence-corrected chi connectivity index (χ0v) is 10.2. The zero-order chi connectivity index (χ0) is 12.8. The Kier molecular flexibility index (Phi) is 2.74. The molecule has 1 aromatic rings. The average Bonchev–Trinajstić information content (AvgIpc) is 3.01. The van der Waals surface area contributed by atoms with Crippen LogP contribution in [0.2, 0.25) is 0 Å². The molecule has 0 unspecified atom stereocenters. The topological polar surface area (TPSA) is 60.2 Å². The van der Waals surface area contributed by atoms with Crippen LogP contribution < -0.4 is 5.73 Å². The van der Waals surface area contributed by atoms with Crippen LogP contribution in [-0.4, -0.2) is 21.2 Å². The molecule has 0 saturated heterocycles. The van der Waals surface area contributed by atoms with Gasteiger partial charge in [0.15, 0.2) is 21.5 Å². The van der Waals surface area contributed by atoms with Gasteiger partial charge in [0.05, 0.1) is 4.90 Å². The quantitative estimate of drug-likeness (QED) is 0.836. The monoisotopic (exact) mass is 261 g/mol. The molecule has 1 aliphatic rings. The molecule has 94 valence electrons. The van der Waals surface area contributed by atoms with Gasteiger partial charge in [0, 0.05) is 18.2 Å². The first-order valence-electron chi connectivity index (χ1n) is 5.20. The lowest BCUT2D eigenvalue weighted by atomic mass is 9.95. The van der Waals surface area contributed by atoms with Crippen LogP contribution in [0.15, 0.2) is 17.0 Å². The van der Waals surface area contributed by atoms with Gasteiger partial charge in [0.2, 0.25) is 0 Å². The van der Waals surface area contributed by atoms with Gasteiger partial charge >= 0.3 is 0 Å². The van der Waals surface area contributed by atoms with Crippen molar-refractivity contribution in [1.29, 1.82) is 0 Å². The number of rotatable bonds is 3. The van der Waals surface area contributed by atoms with Crippen LogP contribution in [0.5, 0.6) is 0 Å². The molecule has 0 aromatic heterocycles. The van der Waals surface area contributed by atoms with Gasteiger partial charge in [-0.25, -0.2) is 17.2 Å². The van der Waals surface area contributed by atoms with Crippen LogP contribution in [0.4, 0.5) is 8.78 Å². The van der Waals surface area contributed by atoms with Gasteiger partial charge in [-0.3, -0.25) is 0 Å². The third-order valence-electron chi connectivity index (χ3n) is 3.25. The fourth-order valence-electron chi connectivity index (χ4n) is 1.90. The summed E-state index contributed by atoms with van der Waals surface area (Å²) < 4.78 is 49.8. The summed E-state index contributed by atoms with van der Waals surface area (Å²) in [7, 11) is -3.55. The van der Waals surface area contributed by atoms with E-state index in [4.69, 9.17) is 5.73 Å². The molecule has 0 amide bonds. The van der Waals surface area contributed by atoms with Gasteiger partial charge in [-0.1, -0.05) is 0 Å². The van der Waals surface area contributed by atoms with Gasteiger partial charge in [-0.15, -0.1) is 0 Å². The highest BCUT2D eigenvalue weighted by atomic mass is 32.2.